The van der Waals surface area contributed by atoms with Gasteiger partial charge in [-0.3, -0.25) is 5.10 Å². The lowest BCUT2D eigenvalue weighted by Gasteiger charge is -2.12. The van der Waals surface area contributed by atoms with Gasteiger partial charge in [-0.15, -0.1) is 0 Å². The molecule has 3 rings (SSSR count). The number of aromatic amines is 1. The van der Waals surface area contributed by atoms with Gasteiger partial charge in [-0.25, -0.2) is 4.98 Å². The molecular weight excluding hydrogens is 280 g/mol. The molecule has 0 saturated heterocycles. The van der Waals surface area contributed by atoms with E-state index < -0.39 is 0 Å². The number of hydrogen-bond donors (Lipinski definition) is 2. The van der Waals surface area contributed by atoms with Crippen molar-refractivity contribution in [3.8, 4) is 11.5 Å². The molecule has 20 heavy (non-hydrogen) atoms. The number of benzene rings is 1. The van der Waals surface area contributed by atoms with E-state index in [0.29, 0.717) is 17.3 Å². The maximum Gasteiger partial charge on any atom is 0.231 e. The Labute approximate surface area is 121 Å². The average molecular weight is 295 g/mol. The highest BCUT2D eigenvalue weighted by Gasteiger charge is 2.17. The number of fused-ring (bicyclic) bond motifs is 1. The van der Waals surface area contributed by atoms with Crippen molar-refractivity contribution in [2.45, 2.75) is 26.4 Å². The van der Waals surface area contributed by atoms with Crippen molar-refractivity contribution in [2.75, 3.05) is 6.79 Å². The molecule has 0 spiro atoms. The molecule has 6 nitrogen and oxygen atoms in total. The lowest BCUT2D eigenvalue weighted by molar-refractivity contribution is 0.174. The highest BCUT2D eigenvalue weighted by Crippen LogP contribution is 2.36. The molecule has 7 heteroatoms. The first-order valence-electron chi connectivity index (χ1n) is 6.34. The number of nitrogens with zero attached hydrogens (tertiary/aromatic N) is 2. The standard InChI is InChI=1S/C13H15ClN4O2/c1-7(13-16-8(2)17-18-13)15-5-9-3-11-12(4-10(9)14)20-6-19-11/h3-4,7,15H,5-6H2,1-2H3,(H,16,17,18). The van der Waals surface area contributed by atoms with Crippen molar-refractivity contribution in [3.05, 3.63) is 34.4 Å². The van der Waals surface area contributed by atoms with Crippen LogP contribution in [0, 0.1) is 6.92 Å². The molecule has 0 saturated carbocycles. The first-order chi connectivity index (χ1) is 9.63. The predicted octanol–water partition coefficient (Wildman–Crippen LogP) is 2.35. The van der Waals surface area contributed by atoms with Crippen molar-refractivity contribution in [3.63, 3.8) is 0 Å². The van der Waals surface area contributed by atoms with Gasteiger partial charge in [0.2, 0.25) is 6.79 Å². The van der Waals surface area contributed by atoms with Gasteiger partial charge in [-0.2, -0.15) is 5.10 Å². The van der Waals surface area contributed by atoms with Crippen LogP contribution in [0.3, 0.4) is 0 Å². The van der Waals surface area contributed by atoms with Gasteiger partial charge in [0.25, 0.3) is 0 Å². The van der Waals surface area contributed by atoms with E-state index in [9.17, 15) is 0 Å². The number of aryl methyl sites for hydroxylation is 1. The number of aromatic nitrogens is 3. The average Bonchev–Trinajstić information content (AvgIpc) is 3.04. The Kier molecular flexibility index (Phi) is 3.50. The summed E-state index contributed by atoms with van der Waals surface area (Å²) in [4.78, 5) is 4.30. The quantitative estimate of drug-likeness (QED) is 0.905. The molecule has 106 valence electrons. The molecule has 0 radical (unpaired) electrons. The summed E-state index contributed by atoms with van der Waals surface area (Å²) in [5.41, 5.74) is 0.954. The molecule has 0 bridgehead atoms. The van der Waals surface area contributed by atoms with Crippen molar-refractivity contribution in [2.24, 2.45) is 0 Å². The Balaban J connectivity index is 1.69. The molecular formula is C13H15ClN4O2. The summed E-state index contributed by atoms with van der Waals surface area (Å²) < 4.78 is 10.6. The molecule has 0 amide bonds. The second kappa shape index (κ2) is 5.30. The van der Waals surface area contributed by atoms with Crippen LogP contribution in [0.4, 0.5) is 0 Å². The van der Waals surface area contributed by atoms with Crippen LogP contribution in [0.15, 0.2) is 12.1 Å². The maximum atomic E-state index is 6.23. The Hall–Kier alpha value is -1.79. The van der Waals surface area contributed by atoms with E-state index in [1.54, 1.807) is 6.07 Å². The zero-order chi connectivity index (χ0) is 14.1. The van der Waals surface area contributed by atoms with E-state index in [0.717, 1.165) is 23.0 Å². The summed E-state index contributed by atoms with van der Waals surface area (Å²) in [6, 6.07) is 3.71. The number of halogens is 1. The Morgan fingerprint density at radius 1 is 1.40 bits per heavy atom. The van der Waals surface area contributed by atoms with E-state index in [2.05, 4.69) is 20.5 Å². The lowest BCUT2D eigenvalue weighted by atomic mass is 10.2. The summed E-state index contributed by atoms with van der Waals surface area (Å²) in [6.07, 6.45) is 0. The Bertz CT molecular complexity index is 629. The number of nitrogens with one attached hydrogen (secondary N) is 2. The Morgan fingerprint density at radius 3 is 2.85 bits per heavy atom. The second-order valence-corrected chi connectivity index (χ2v) is 5.09. The van der Waals surface area contributed by atoms with Gasteiger partial charge in [0, 0.05) is 17.6 Å². The molecule has 2 N–H and O–H groups in total. The number of H-pyrrole nitrogens is 1. The lowest BCUT2D eigenvalue weighted by Crippen LogP contribution is -2.19. The van der Waals surface area contributed by atoms with Crippen LogP contribution in [0.1, 0.15) is 30.2 Å². The van der Waals surface area contributed by atoms with Crippen molar-refractivity contribution in [1.29, 1.82) is 0 Å². The second-order valence-electron chi connectivity index (χ2n) is 4.68. The molecule has 1 unspecified atom stereocenters. The molecule has 2 heterocycles. The van der Waals surface area contributed by atoms with E-state index in [-0.39, 0.29) is 12.8 Å². The fourth-order valence-corrected chi connectivity index (χ4v) is 2.22. The largest absolute Gasteiger partial charge is 0.454 e. The maximum absolute atomic E-state index is 6.23. The minimum atomic E-state index is 0.0291. The van der Waals surface area contributed by atoms with Crippen molar-refractivity contribution < 1.29 is 9.47 Å². The van der Waals surface area contributed by atoms with Gasteiger partial charge >= 0.3 is 0 Å². The Morgan fingerprint density at radius 2 is 2.15 bits per heavy atom. The number of hydrogen-bond acceptors (Lipinski definition) is 5. The van der Waals surface area contributed by atoms with E-state index in [4.69, 9.17) is 21.1 Å². The zero-order valence-electron chi connectivity index (χ0n) is 11.2. The van der Waals surface area contributed by atoms with Crippen molar-refractivity contribution >= 4 is 11.6 Å². The molecule has 2 aromatic rings. The first-order valence-corrected chi connectivity index (χ1v) is 6.71. The highest BCUT2D eigenvalue weighted by molar-refractivity contribution is 6.31. The summed E-state index contributed by atoms with van der Waals surface area (Å²) in [7, 11) is 0. The van der Waals surface area contributed by atoms with E-state index in [1.165, 1.54) is 0 Å². The van der Waals surface area contributed by atoms with E-state index in [1.807, 2.05) is 19.9 Å². The number of rotatable bonds is 4. The zero-order valence-corrected chi connectivity index (χ0v) is 12.0. The number of ether oxygens (including phenoxy) is 2. The van der Waals surface area contributed by atoms with Gasteiger partial charge < -0.3 is 14.8 Å². The van der Waals surface area contributed by atoms with Crippen LogP contribution in [0.2, 0.25) is 5.02 Å². The van der Waals surface area contributed by atoms with Crippen LogP contribution in [-0.4, -0.2) is 22.0 Å². The SMILES string of the molecule is Cc1nc(C(C)NCc2cc3c(cc2Cl)OCO3)n[nH]1. The monoisotopic (exact) mass is 294 g/mol. The van der Waals surface area contributed by atoms with Crippen LogP contribution in [0.5, 0.6) is 11.5 Å². The minimum absolute atomic E-state index is 0.0291. The van der Waals surface area contributed by atoms with Crippen LogP contribution in [-0.2, 0) is 6.54 Å². The van der Waals surface area contributed by atoms with Gasteiger partial charge in [0.1, 0.15) is 5.82 Å². The van der Waals surface area contributed by atoms with Gasteiger partial charge in [-0.1, -0.05) is 11.6 Å². The summed E-state index contributed by atoms with van der Waals surface area (Å²) in [5, 5.41) is 10.9. The molecule has 1 aliphatic rings. The predicted molar refractivity (Wildman–Crippen MR) is 73.9 cm³/mol. The van der Waals surface area contributed by atoms with Gasteiger partial charge in [0.15, 0.2) is 17.3 Å². The fourth-order valence-electron chi connectivity index (χ4n) is 2.00. The molecule has 0 fully saturated rings. The molecule has 1 aliphatic heterocycles. The van der Waals surface area contributed by atoms with E-state index >= 15 is 0 Å². The van der Waals surface area contributed by atoms with Crippen molar-refractivity contribution in [1.82, 2.24) is 20.5 Å². The molecule has 0 aliphatic carbocycles. The fraction of sp³-hybridized carbons (Fsp3) is 0.385. The molecule has 1 aromatic heterocycles. The minimum Gasteiger partial charge on any atom is -0.454 e. The normalized spacial score (nSPS) is 14.6. The highest BCUT2D eigenvalue weighted by atomic mass is 35.5. The summed E-state index contributed by atoms with van der Waals surface area (Å²) in [6.45, 7) is 4.72. The van der Waals surface area contributed by atoms with Gasteiger partial charge in [0.05, 0.1) is 6.04 Å². The van der Waals surface area contributed by atoms with Crippen LogP contribution in [0.25, 0.3) is 0 Å². The van der Waals surface area contributed by atoms with Crippen LogP contribution < -0.4 is 14.8 Å². The van der Waals surface area contributed by atoms with Crippen LogP contribution >= 0.6 is 11.6 Å². The first kappa shape index (κ1) is 13.2. The molecule has 1 aromatic carbocycles. The smallest absolute Gasteiger partial charge is 0.231 e. The summed E-state index contributed by atoms with van der Waals surface area (Å²) in [5.74, 6) is 2.96. The third-order valence-electron chi connectivity index (χ3n) is 3.14. The van der Waals surface area contributed by atoms with Gasteiger partial charge in [-0.05, 0) is 25.5 Å². The molecule has 1 atom stereocenters. The third-order valence-corrected chi connectivity index (χ3v) is 3.49. The third kappa shape index (κ3) is 2.57. The topological polar surface area (TPSA) is 72.1 Å². The summed E-state index contributed by atoms with van der Waals surface area (Å²) >= 11 is 6.23.